The first-order valence-corrected chi connectivity index (χ1v) is 6.08. The van der Waals surface area contributed by atoms with Gasteiger partial charge in [-0.2, -0.15) is 0 Å². The summed E-state index contributed by atoms with van der Waals surface area (Å²) in [6.45, 7) is 1.38. The first kappa shape index (κ1) is 14.5. The maximum atomic E-state index is 12.2. The van der Waals surface area contributed by atoms with Gasteiger partial charge in [0.25, 0.3) is 5.91 Å². The molecule has 0 spiro atoms. The Morgan fingerprint density at radius 1 is 1.28 bits per heavy atom. The SMILES string of the molecule is COCCCN(C)C(=O)c1cccc(N(C)C)c1. The van der Waals surface area contributed by atoms with Crippen LogP contribution < -0.4 is 4.90 Å². The van der Waals surface area contributed by atoms with Gasteiger partial charge in [-0.15, -0.1) is 0 Å². The summed E-state index contributed by atoms with van der Waals surface area (Å²) >= 11 is 0. The number of ether oxygens (including phenoxy) is 1. The average Bonchev–Trinajstić information content (AvgIpc) is 2.38. The molecule has 0 aliphatic heterocycles. The number of amides is 1. The molecule has 1 rings (SSSR count). The third-order valence-corrected chi connectivity index (χ3v) is 2.80. The number of hydrogen-bond acceptors (Lipinski definition) is 3. The second kappa shape index (κ2) is 7.01. The van der Waals surface area contributed by atoms with Crippen LogP contribution in [0.2, 0.25) is 0 Å². The van der Waals surface area contributed by atoms with Crippen molar-refractivity contribution in [3.05, 3.63) is 29.8 Å². The highest BCUT2D eigenvalue weighted by atomic mass is 16.5. The maximum Gasteiger partial charge on any atom is 0.253 e. The first-order valence-electron chi connectivity index (χ1n) is 6.08. The summed E-state index contributed by atoms with van der Waals surface area (Å²) in [6.07, 6.45) is 0.853. The van der Waals surface area contributed by atoms with Crippen LogP contribution in [-0.4, -0.2) is 52.2 Å². The van der Waals surface area contributed by atoms with E-state index < -0.39 is 0 Å². The Bertz CT molecular complexity index is 391. The van der Waals surface area contributed by atoms with Crippen molar-refractivity contribution in [3.63, 3.8) is 0 Å². The molecule has 0 saturated heterocycles. The van der Waals surface area contributed by atoms with Crippen molar-refractivity contribution in [1.29, 1.82) is 0 Å². The van der Waals surface area contributed by atoms with Gasteiger partial charge in [0, 0.05) is 52.7 Å². The predicted octanol–water partition coefficient (Wildman–Crippen LogP) is 1.86. The minimum Gasteiger partial charge on any atom is -0.385 e. The summed E-state index contributed by atoms with van der Waals surface area (Å²) in [5.41, 5.74) is 1.76. The Morgan fingerprint density at radius 3 is 2.61 bits per heavy atom. The molecule has 0 radical (unpaired) electrons. The molecule has 0 N–H and O–H groups in total. The van der Waals surface area contributed by atoms with Gasteiger partial charge in [-0.05, 0) is 24.6 Å². The van der Waals surface area contributed by atoms with Gasteiger partial charge in [0.05, 0.1) is 0 Å². The van der Waals surface area contributed by atoms with E-state index in [1.807, 2.05) is 50.3 Å². The minimum absolute atomic E-state index is 0.0507. The number of hydrogen-bond donors (Lipinski definition) is 0. The van der Waals surface area contributed by atoms with Crippen LogP contribution >= 0.6 is 0 Å². The van der Waals surface area contributed by atoms with Crippen molar-refractivity contribution < 1.29 is 9.53 Å². The van der Waals surface area contributed by atoms with Crippen molar-refractivity contribution in [2.45, 2.75) is 6.42 Å². The predicted molar refractivity (Wildman–Crippen MR) is 74.2 cm³/mol. The maximum absolute atomic E-state index is 12.2. The first-order chi connectivity index (χ1) is 8.56. The largest absolute Gasteiger partial charge is 0.385 e. The molecule has 0 aromatic heterocycles. The molecule has 0 bridgehead atoms. The van der Waals surface area contributed by atoms with E-state index in [1.165, 1.54) is 0 Å². The van der Waals surface area contributed by atoms with E-state index >= 15 is 0 Å². The Balaban J connectivity index is 2.68. The van der Waals surface area contributed by atoms with Gasteiger partial charge in [0.2, 0.25) is 0 Å². The van der Waals surface area contributed by atoms with E-state index in [4.69, 9.17) is 4.74 Å². The van der Waals surface area contributed by atoms with E-state index in [1.54, 1.807) is 12.0 Å². The zero-order valence-electron chi connectivity index (χ0n) is 11.6. The quantitative estimate of drug-likeness (QED) is 0.722. The summed E-state index contributed by atoms with van der Waals surface area (Å²) in [7, 11) is 7.42. The third kappa shape index (κ3) is 4.04. The van der Waals surface area contributed by atoms with Crippen LogP contribution in [-0.2, 0) is 4.74 Å². The van der Waals surface area contributed by atoms with Gasteiger partial charge in [-0.3, -0.25) is 4.79 Å². The minimum atomic E-state index is 0.0507. The molecule has 0 unspecified atom stereocenters. The van der Waals surface area contributed by atoms with Crippen LogP contribution in [0.5, 0.6) is 0 Å². The molecule has 0 saturated carbocycles. The summed E-state index contributed by atoms with van der Waals surface area (Å²) in [4.78, 5) is 15.9. The van der Waals surface area contributed by atoms with Crippen LogP contribution in [0.1, 0.15) is 16.8 Å². The number of carbonyl (C=O) groups is 1. The lowest BCUT2D eigenvalue weighted by atomic mass is 10.1. The fourth-order valence-corrected chi connectivity index (χ4v) is 1.69. The molecule has 0 atom stereocenters. The molecule has 0 aliphatic carbocycles. The fourth-order valence-electron chi connectivity index (χ4n) is 1.69. The number of benzene rings is 1. The number of anilines is 1. The van der Waals surface area contributed by atoms with Crippen LogP contribution in [0, 0.1) is 0 Å². The highest BCUT2D eigenvalue weighted by Crippen LogP contribution is 2.14. The summed E-state index contributed by atoms with van der Waals surface area (Å²) < 4.78 is 4.98. The lowest BCUT2D eigenvalue weighted by Crippen LogP contribution is -2.28. The smallest absolute Gasteiger partial charge is 0.253 e. The second-order valence-electron chi connectivity index (χ2n) is 4.52. The number of nitrogens with zero attached hydrogens (tertiary/aromatic N) is 2. The molecular formula is C14H22N2O2. The number of methoxy groups -OCH3 is 1. The van der Waals surface area contributed by atoms with E-state index in [2.05, 4.69) is 0 Å². The monoisotopic (exact) mass is 250 g/mol. The van der Waals surface area contributed by atoms with E-state index in [0.717, 1.165) is 17.7 Å². The van der Waals surface area contributed by atoms with Gasteiger partial charge in [0.1, 0.15) is 0 Å². The topological polar surface area (TPSA) is 32.8 Å². The molecule has 0 fully saturated rings. The van der Waals surface area contributed by atoms with E-state index in [0.29, 0.717) is 13.2 Å². The molecule has 1 aromatic rings. The molecule has 0 aliphatic rings. The molecule has 4 heteroatoms. The third-order valence-electron chi connectivity index (χ3n) is 2.80. The highest BCUT2D eigenvalue weighted by molar-refractivity contribution is 5.95. The Kier molecular flexibility index (Phi) is 5.65. The van der Waals surface area contributed by atoms with Crippen molar-refractivity contribution in [2.75, 3.05) is 46.3 Å². The summed E-state index contributed by atoms with van der Waals surface area (Å²) in [5.74, 6) is 0.0507. The van der Waals surface area contributed by atoms with E-state index in [-0.39, 0.29) is 5.91 Å². The standard InChI is InChI=1S/C14H22N2O2/c1-15(2)13-8-5-7-12(11-13)14(17)16(3)9-6-10-18-4/h5,7-8,11H,6,9-10H2,1-4H3. The van der Waals surface area contributed by atoms with Gasteiger partial charge >= 0.3 is 0 Å². The number of rotatable bonds is 6. The van der Waals surface area contributed by atoms with Gasteiger partial charge < -0.3 is 14.5 Å². The summed E-state index contributed by atoms with van der Waals surface area (Å²) in [5, 5.41) is 0. The van der Waals surface area contributed by atoms with Crippen molar-refractivity contribution >= 4 is 11.6 Å². The Morgan fingerprint density at radius 2 is 2.00 bits per heavy atom. The molecular weight excluding hydrogens is 228 g/mol. The van der Waals surface area contributed by atoms with Crippen molar-refractivity contribution in [3.8, 4) is 0 Å². The normalized spacial score (nSPS) is 10.2. The van der Waals surface area contributed by atoms with Crippen LogP contribution in [0.3, 0.4) is 0 Å². The lowest BCUT2D eigenvalue weighted by Gasteiger charge is -2.18. The van der Waals surface area contributed by atoms with Gasteiger partial charge in [-0.25, -0.2) is 0 Å². The highest BCUT2D eigenvalue weighted by Gasteiger charge is 2.11. The zero-order chi connectivity index (χ0) is 13.5. The van der Waals surface area contributed by atoms with Gasteiger partial charge in [0.15, 0.2) is 0 Å². The van der Waals surface area contributed by atoms with Crippen LogP contribution in [0.4, 0.5) is 5.69 Å². The zero-order valence-corrected chi connectivity index (χ0v) is 11.6. The van der Waals surface area contributed by atoms with Crippen molar-refractivity contribution in [2.24, 2.45) is 0 Å². The van der Waals surface area contributed by atoms with E-state index in [9.17, 15) is 4.79 Å². The Hall–Kier alpha value is -1.55. The molecule has 1 amide bonds. The molecule has 100 valence electrons. The molecule has 1 aromatic carbocycles. The molecule has 4 nitrogen and oxygen atoms in total. The van der Waals surface area contributed by atoms with Gasteiger partial charge in [-0.1, -0.05) is 6.07 Å². The van der Waals surface area contributed by atoms with Crippen LogP contribution in [0.15, 0.2) is 24.3 Å². The number of carbonyl (C=O) groups excluding carboxylic acids is 1. The Labute approximate surface area is 109 Å². The second-order valence-corrected chi connectivity index (χ2v) is 4.52. The van der Waals surface area contributed by atoms with Crippen LogP contribution in [0.25, 0.3) is 0 Å². The lowest BCUT2D eigenvalue weighted by molar-refractivity contribution is 0.0779. The average molecular weight is 250 g/mol. The van der Waals surface area contributed by atoms with Crippen molar-refractivity contribution in [1.82, 2.24) is 4.90 Å². The summed E-state index contributed by atoms with van der Waals surface area (Å²) in [6, 6.07) is 7.66. The fraction of sp³-hybridized carbons (Fsp3) is 0.500. The molecule has 18 heavy (non-hydrogen) atoms. The molecule has 0 heterocycles.